The van der Waals surface area contributed by atoms with Crippen molar-refractivity contribution in [1.29, 1.82) is 0 Å². The Balaban J connectivity index is 1.56. The molecule has 0 bridgehead atoms. The lowest BCUT2D eigenvalue weighted by Crippen LogP contribution is -2.29. The number of carbonyl (C=O) groups excluding carboxylic acids is 1. The minimum absolute atomic E-state index is 0.0424. The van der Waals surface area contributed by atoms with E-state index in [4.69, 9.17) is 4.98 Å². The maximum Gasteiger partial charge on any atom is 0.256 e. The lowest BCUT2D eigenvalue weighted by molar-refractivity contribution is 0.102. The van der Waals surface area contributed by atoms with Crippen LogP contribution in [-0.2, 0) is 10.0 Å². The van der Waals surface area contributed by atoms with E-state index in [2.05, 4.69) is 5.32 Å². The van der Waals surface area contributed by atoms with Crippen LogP contribution in [0.2, 0.25) is 0 Å². The number of hydrogen-bond acceptors (Lipinski definition) is 4. The molecule has 1 fully saturated rings. The first-order valence-corrected chi connectivity index (χ1v) is 12.4. The highest BCUT2D eigenvalue weighted by atomic mass is 32.2. The van der Waals surface area contributed by atoms with Crippen molar-refractivity contribution in [3.63, 3.8) is 0 Å². The van der Waals surface area contributed by atoms with E-state index >= 15 is 0 Å². The number of aromatic nitrogens is 2. The van der Waals surface area contributed by atoms with Crippen molar-refractivity contribution in [1.82, 2.24) is 13.7 Å². The van der Waals surface area contributed by atoms with Gasteiger partial charge in [-0.15, -0.1) is 0 Å². The van der Waals surface area contributed by atoms with E-state index in [-0.39, 0.29) is 5.56 Å². The molecule has 0 radical (unpaired) electrons. The van der Waals surface area contributed by atoms with Gasteiger partial charge in [0.15, 0.2) is 0 Å². The van der Waals surface area contributed by atoms with Gasteiger partial charge in [0.1, 0.15) is 27.9 Å². The summed E-state index contributed by atoms with van der Waals surface area (Å²) in [7, 11) is -4.02. The van der Waals surface area contributed by atoms with Crippen molar-refractivity contribution in [2.24, 2.45) is 0 Å². The van der Waals surface area contributed by atoms with Crippen molar-refractivity contribution in [3.8, 4) is 11.3 Å². The molecule has 2 aromatic carbocycles. The highest BCUT2D eigenvalue weighted by Crippen LogP contribution is 2.31. The number of aryl methyl sites for hydroxylation is 1. The number of nitrogens with one attached hydrogen (secondary N) is 1. The summed E-state index contributed by atoms with van der Waals surface area (Å²) in [4.78, 5) is 17.5. The van der Waals surface area contributed by atoms with Crippen LogP contribution in [0.25, 0.3) is 16.9 Å². The normalized spacial score (nSPS) is 14.5. The number of hydrogen-bond donors (Lipinski definition) is 1. The zero-order chi connectivity index (χ0) is 23.9. The summed E-state index contributed by atoms with van der Waals surface area (Å²) in [5, 5.41) is 2.87. The summed E-state index contributed by atoms with van der Waals surface area (Å²) in [5.74, 6) is -0.986. The Hall–Kier alpha value is -3.56. The fourth-order valence-electron chi connectivity index (χ4n) is 4.21. The number of benzene rings is 2. The Morgan fingerprint density at radius 3 is 2.50 bits per heavy atom. The topological polar surface area (TPSA) is 83.8 Å². The van der Waals surface area contributed by atoms with E-state index in [1.54, 1.807) is 10.6 Å². The molecule has 34 heavy (non-hydrogen) atoms. The SMILES string of the molecule is Cc1cccn2c(NC(=O)c3ccc(F)c(S(=O)(=O)N4CCCC4)c3)c(-c3ccccc3)nc12. The fraction of sp³-hybridized carbons (Fsp3) is 0.200. The molecule has 0 aliphatic carbocycles. The molecule has 7 nitrogen and oxygen atoms in total. The van der Waals surface area contributed by atoms with Crippen molar-refractivity contribution in [2.75, 3.05) is 18.4 Å². The molecule has 174 valence electrons. The molecule has 2 aromatic heterocycles. The number of halogens is 1. The smallest absolute Gasteiger partial charge is 0.256 e. The highest BCUT2D eigenvalue weighted by molar-refractivity contribution is 7.89. The molecular weight excluding hydrogens is 455 g/mol. The summed E-state index contributed by atoms with van der Waals surface area (Å²) >= 11 is 0. The fourth-order valence-corrected chi connectivity index (χ4v) is 5.82. The summed E-state index contributed by atoms with van der Waals surface area (Å²) in [5.41, 5.74) is 3.06. The predicted octanol–water partition coefficient (Wildman–Crippen LogP) is 4.49. The van der Waals surface area contributed by atoms with Gasteiger partial charge in [-0.05, 0) is 49.6 Å². The van der Waals surface area contributed by atoms with Gasteiger partial charge in [-0.25, -0.2) is 17.8 Å². The standard InChI is InChI=1S/C25H23FN4O3S/c1-17-8-7-15-30-23(17)27-22(18-9-3-2-4-10-18)24(30)28-25(31)19-11-12-20(26)21(16-19)34(32,33)29-13-5-6-14-29/h2-4,7-12,15-16H,5-6,13-14H2,1H3,(H,28,31). The van der Waals surface area contributed by atoms with Crippen LogP contribution in [0.15, 0.2) is 71.8 Å². The van der Waals surface area contributed by atoms with Gasteiger partial charge >= 0.3 is 0 Å². The lowest BCUT2D eigenvalue weighted by atomic mass is 10.1. The van der Waals surface area contributed by atoms with Gasteiger partial charge in [0.05, 0.1) is 0 Å². The van der Waals surface area contributed by atoms with E-state index in [1.807, 2.05) is 49.4 Å². The molecule has 4 aromatic rings. The number of pyridine rings is 1. The first kappa shape index (κ1) is 22.2. The summed E-state index contributed by atoms with van der Waals surface area (Å²) in [6, 6.07) is 16.6. The number of carbonyl (C=O) groups is 1. The molecule has 0 atom stereocenters. The van der Waals surface area contributed by atoms with Gasteiger partial charge in [-0.1, -0.05) is 36.4 Å². The molecule has 0 spiro atoms. The number of imidazole rings is 1. The van der Waals surface area contributed by atoms with Crippen molar-refractivity contribution in [2.45, 2.75) is 24.7 Å². The van der Waals surface area contributed by atoms with E-state index in [0.717, 1.165) is 36.1 Å². The number of nitrogens with zero attached hydrogens (tertiary/aromatic N) is 3. The van der Waals surface area contributed by atoms with Gasteiger partial charge in [0.2, 0.25) is 10.0 Å². The predicted molar refractivity (Wildman–Crippen MR) is 128 cm³/mol. The molecule has 1 N–H and O–H groups in total. The Morgan fingerprint density at radius 2 is 1.76 bits per heavy atom. The maximum absolute atomic E-state index is 14.5. The summed E-state index contributed by atoms with van der Waals surface area (Å²) in [6.45, 7) is 2.62. The van der Waals surface area contributed by atoms with E-state index in [0.29, 0.717) is 30.2 Å². The molecule has 0 saturated carbocycles. The Bertz CT molecular complexity index is 1490. The lowest BCUT2D eigenvalue weighted by Gasteiger charge is -2.16. The van der Waals surface area contributed by atoms with Crippen LogP contribution >= 0.6 is 0 Å². The minimum Gasteiger partial charge on any atom is -0.306 e. The zero-order valence-electron chi connectivity index (χ0n) is 18.5. The van der Waals surface area contributed by atoms with Crippen LogP contribution in [0.4, 0.5) is 10.2 Å². The Labute approximate surface area is 196 Å². The third kappa shape index (κ3) is 3.86. The number of fused-ring (bicyclic) bond motifs is 1. The largest absolute Gasteiger partial charge is 0.306 e. The summed E-state index contributed by atoms with van der Waals surface area (Å²) < 4.78 is 43.5. The van der Waals surface area contributed by atoms with E-state index < -0.39 is 26.6 Å². The first-order chi connectivity index (χ1) is 16.4. The molecule has 1 aliphatic heterocycles. The average Bonchev–Trinajstić information content (AvgIpc) is 3.50. The second kappa shape index (κ2) is 8.66. The van der Waals surface area contributed by atoms with Crippen LogP contribution < -0.4 is 5.32 Å². The minimum atomic E-state index is -4.02. The zero-order valence-corrected chi connectivity index (χ0v) is 19.3. The van der Waals surface area contributed by atoms with Crippen molar-refractivity contribution < 1.29 is 17.6 Å². The number of sulfonamides is 1. The van der Waals surface area contributed by atoms with Crippen LogP contribution in [0, 0.1) is 12.7 Å². The third-order valence-corrected chi connectivity index (χ3v) is 7.91. The van der Waals surface area contributed by atoms with Crippen LogP contribution in [0.5, 0.6) is 0 Å². The molecule has 0 unspecified atom stereocenters. The number of rotatable bonds is 5. The Kier molecular flexibility index (Phi) is 5.66. The molecule has 1 amide bonds. The monoisotopic (exact) mass is 478 g/mol. The third-order valence-electron chi connectivity index (χ3n) is 6.00. The van der Waals surface area contributed by atoms with Crippen molar-refractivity contribution >= 4 is 27.4 Å². The van der Waals surface area contributed by atoms with E-state index in [9.17, 15) is 17.6 Å². The number of anilines is 1. The first-order valence-electron chi connectivity index (χ1n) is 11.0. The second-order valence-electron chi connectivity index (χ2n) is 8.27. The van der Waals surface area contributed by atoms with Crippen LogP contribution in [0.1, 0.15) is 28.8 Å². The highest BCUT2D eigenvalue weighted by Gasteiger charge is 2.30. The summed E-state index contributed by atoms with van der Waals surface area (Å²) in [6.07, 6.45) is 3.26. The van der Waals surface area contributed by atoms with Gasteiger partial charge in [-0.3, -0.25) is 9.20 Å². The van der Waals surface area contributed by atoms with Gasteiger partial charge in [0.25, 0.3) is 5.91 Å². The Morgan fingerprint density at radius 1 is 1.03 bits per heavy atom. The maximum atomic E-state index is 14.5. The molecular formula is C25H23FN4O3S. The van der Waals surface area contributed by atoms with Gasteiger partial charge < -0.3 is 5.32 Å². The number of amides is 1. The second-order valence-corrected chi connectivity index (χ2v) is 10.2. The van der Waals surface area contributed by atoms with Gasteiger partial charge in [0, 0.05) is 30.4 Å². The van der Waals surface area contributed by atoms with Gasteiger partial charge in [-0.2, -0.15) is 4.31 Å². The van der Waals surface area contributed by atoms with Crippen LogP contribution in [-0.4, -0.2) is 41.1 Å². The molecule has 3 heterocycles. The van der Waals surface area contributed by atoms with Crippen molar-refractivity contribution in [3.05, 3.63) is 83.8 Å². The molecule has 9 heteroatoms. The molecule has 1 aliphatic rings. The van der Waals surface area contributed by atoms with E-state index in [1.165, 1.54) is 10.4 Å². The average molecular weight is 479 g/mol. The van der Waals surface area contributed by atoms with Crippen LogP contribution in [0.3, 0.4) is 0 Å². The molecule has 1 saturated heterocycles. The quantitative estimate of drug-likeness (QED) is 0.458. The molecule has 5 rings (SSSR count).